The van der Waals surface area contributed by atoms with Crippen molar-refractivity contribution in [3.63, 3.8) is 0 Å². The van der Waals surface area contributed by atoms with Gasteiger partial charge in [-0.1, -0.05) is 29.8 Å². The van der Waals surface area contributed by atoms with E-state index in [0.717, 1.165) is 5.56 Å². The summed E-state index contributed by atoms with van der Waals surface area (Å²) in [4.78, 5) is 24.7. The van der Waals surface area contributed by atoms with Gasteiger partial charge >= 0.3 is 5.63 Å². The number of aryl methyl sites for hydroxylation is 1. The van der Waals surface area contributed by atoms with E-state index >= 15 is 0 Å². The number of fused-ring (bicyclic) bond motifs is 1. The van der Waals surface area contributed by atoms with E-state index in [1.54, 1.807) is 36.4 Å². The topological polar surface area (TPSA) is 103 Å². The lowest BCUT2D eigenvalue weighted by Crippen LogP contribution is -2.15. The van der Waals surface area contributed by atoms with Crippen molar-refractivity contribution in [3.8, 4) is 5.75 Å². The number of amides is 1. The zero-order chi connectivity index (χ0) is 22.9. The molecule has 4 rings (SSSR count). The van der Waals surface area contributed by atoms with Crippen LogP contribution in [0.5, 0.6) is 5.75 Å². The molecule has 0 saturated carbocycles. The molecule has 1 aromatic heterocycles. The summed E-state index contributed by atoms with van der Waals surface area (Å²) in [6.45, 7) is 1.83. The lowest BCUT2D eigenvalue weighted by molar-refractivity contribution is 0.102. The summed E-state index contributed by atoms with van der Waals surface area (Å²) in [5.74, 6) is 0.0738. The van der Waals surface area contributed by atoms with Gasteiger partial charge in [0.2, 0.25) is 9.84 Å². The first kappa shape index (κ1) is 21.3. The molecule has 162 valence electrons. The van der Waals surface area contributed by atoms with Gasteiger partial charge in [-0.05, 0) is 55.5 Å². The van der Waals surface area contributed by atoms with Crippen LogP contribution in [-0.4, -0.2) is 21.4 Å². The zero-order valence-electron chi connectivity index (χ0n) is 17.3. The normalized spacial score (nSPS) is 11.3. The van der Waals surface area contributed by atoms with Gasteiger partial charge in [-0.2, -0.15) is 0 Å². The average Bonchev–Trinajstić information content (AvgIpc) is 2.79. The molecule has 0 bridgehead atoms. The summed E-state index contributed by atoms with van der Waals surface area (Å²) in [6.07, 6.45) is 0. The van der Waals surface area contributed by atoms with Gasteiger partial charge in [-0.3, -0.25) is 4.79 Å². The molecule has 0 atom stereocenters. The standard InChI is InChI=1S/C24H19NO6S/c1-15-7-10-18(11-8-15)32(28,29)22-14-17-13-16(9-12-20(17)31-24(22)27)23(26)25-19-5-3-4-6-21(19)30-2/h3-14H,1-2H3,(H,25,26). The SMILES string of the molecule is COc1ccccc1NC(=O)c1ccc2oc(=O)c(S(=O)(=O)c3ccc(C)cc3)cc2c1. The van der Waals surface area contributed by atoms with Crippen LogP contribution in [0.2, 0.25) is 0 Å². The Morgan fingerprint density at radius 1 is 0.969 bits per heavy atom. The number of anilines is 1. The molecular formula is C24H19NO6S. The second kappa shape index (κ2) is 8.32. The lowest BCUT2D eigenvalue weighted by Gasteiger charge is -2.10. The highest BCUT2D eigenvalue weighted by Crippen LogP contribution is 2.26. The van der Waals surface area contributed by atoms with E-state index in [4.69, 9.17) is 9.15 Å². The first-order valence-corrected chi connectivity index (χ1v) is 11.1. The maximum atomic E-state index is 13.0. The number of carbonyl (C=O) groups excluding carboxylic acids is 1. The highest BCUT2D eigenvalue weighted by Gasteiger charge is 2.23. The molecule has 1 heterocycles. The number of para-hydroxylation sites is 2. The van der Waals surface area contributed by atoms with Crippen molar-refractivity contribution < 1.29 is 22.4 Å². The largest absolute Gasteiger partial charge is 0.495 e. The Bertz CT molecular complexity index is 1490. The van der Waals surface area contributed by atoms with Gasteiger partial charge in [0, 0.05) is 10.9 Å². The number of methoxy groups -OCH3 is 1. The highest BCUT2D eigenvalue weighted by molar-refractivity contribution is 7.91. The van der Waals surface area contributed by atoms with E-state index in [0.29, 0.717) is 16.8 Å². The third kappa shape index (κ3) is 4.00. The van der Waals surface area contributed by atoms with Crippen molar-refractivity contribution in [1.29, 1.82) is 0 Å². The van der Waals surface area contributed by atoms with Crippen LogP contribution in [0.3, 0.4) is 0 Å². The van der Waals surface area contributed by atoms with Crippen LogP contribution in [0.15, 0.2) is 91.8 Å². The Labute approximate surface area is 184 Å². The fourth-order valence-electron chi connectivity index (χ4n) is 3.22. The third-order valence-corrected chi connectivity index (χ3v) is 6.69. The number of carbonyl (C=O) groups is 1. The molecule has 0 radical (unpaired) electrons. The summed E-state index contributed by atoms with van der Waals surface area (Å²) < 4.78 is 36.4. The number of rotatable bonds is 5. The van der Waals surface area contributed by atoms with Crippen molar-refractivity contribution in [1.82, 2.24) is 0 Å². The van der Waals surface area contributed by atoms with Crippen LogP contribution in [-0.2, 0) is 9.84 Å². The molecule has 8 heteroatoms. The Hall–Kier alpha value is -3.91. The number of sulfone groups is 1. The molecule has 7 nitrogen and oxygen atoms in total. The van der Waals surface area contributed by atoms with E-state index in [9.17, 15) is 18.0 Å². The molecule has 0 saturated heterocycles. The minimum Gasteiger partial charge on any atom is -0.495 e. The van der Waals surface area contributed by atoms with E-state index in [-0.39, 0.29) is 16.0 Å². The minimum atomic E-state index is -4.09. The van der Waals surface area contributed by atoms with Crippen molar-refractivity contribution in [2.24, 2.45) is 0 Å². The molecule has 3 aromatic carbocycles. The molecule has 1 N–H and O–H groups in total. The van der Waals surface area contributed by atoms with Crippen LogP contribution in [0.25, 0.3) is 11.0 Å². The van der Waals surface area contributed by atoms with Gasteiger partial charge in [0.1, 0.15) is 11.3 Å². The second-order valence-corrected chi connectivity index (χ2v) is 9.04. The Balaban J connectivity index is 1.74. The Morgan fingerprint density at radius 3 is 2.41 bits per heavy atom. The molecule has 1 amide bonds. The van der Waals surface area contributed by atoms with E-state index in [1.807, 2.05) is 6.92 Å². The highest BCUT2D eigenvalue weighted by atomic mass is 32.2. The molecule has 0 spiro atoms. The van der Waals surface area contributed by atoms with Crippen molar-refractivity contribution in [2.45, 2.75) is 16.7 Å². The smallest absolute Gasteiger partial charge is 0.355 e. The number of hydrogen-bond acceptors (Lipinski definition) is 6. The molecule has 32 heavy (non-hydrogen) atoms. The van der Waals surface area contributed by atoms with Gasteiger partial charge in [0.25, 0.3) is 5.91 Å². The summed E-state index contributed by atoms with van der Waals surface area (Å²) in [5.41, 5.74) is 0.842. The molecule has 0 unspecified atom stereocenters. The lowest BCUT2D eigenvalue weighted by atomic mass is 10.1. The predicted octanol–water partition coefficient (Wildman–Crippen LogP) is 4.20. The van der Waals surface area contributed by atoms with E-state index < -0.39 is 26.3 Å². The molecule has 0 aliphatic rings. The summed E-state index contributed by atoms with van der Waals surface area (Å²) >= 11 is 0. The molecule has 4 aromatic rings. The maximum absolute atomic E-state index is 13.0. The fourth-order valence-corrected chi connectivity index (χ4v) is 4.51. The first-order valence-electron chi connectivity index (χ1n) is 9.63. The third-order valence-electron chi connectivity index (χ3n) is 4.94. The quantitative estimate of drug-likeness (QED) is 0.458. The number of benzene rings is 3. The average molecular weight is 449 g/mol. The number of ether oxygens (including phenoxy) is 1. The summed E-state index contributed by atoms with van der Waals surface area (Å²) in [7, 11) is -2.59. The monoisotopic (exact) mass is 449 g/mol. The Kier molecular flexibility index (Phi) is 5.54. The fraction of sp³-hybridized carbons (Fsp3) is 0.0833. The van der Waals surface area contributed by atoms with Crippen LogP contribution < -0.4 is 15.7 Å². The van der Waals surface area contributed by atoms with E-state index in [2.05, 4.69) is 5.32 Å². The molecule has 0 aliphatic heterocycles. The summed E-state index contributed by atoms with van der Waals surface area (Å²) in [5, 5.41) is 3.06. The van der Waals surface area contributed by atoms with Crippen LogP contribution in [0, 0.1) is 6.92 Å². The molecule has 0 fully saturated rings. The minimum absolute atomic E-state index is 0.0141. The van der Waals surface area contributed by atoms with Gasteiger partial charge < -0.3 is 14.5 Å². The van der Waals surface area contributed by atoms with Gasteiger partial charge in [-0.25, -0.2) is 13.2 Å². The maximum Gasteiger partial charge on any atom is 0.355 e. The summed E-state index contributed by atoms with van der Waals surface area (Å²) in [6, 6.07) is 18.8. The van der Waals surface area contributed by atoms with Crippen molar-refractivity contribution in [3.05, 3.63) is 94.3 Å². The van der Waals surface area contributed by atoms with Crippen molar-refractivity contribution in [2.75, 3.05) is 12.4 Å². The number of nitrogens with one attached hydrogen (secondary N) is 1. The first-order chi connectivity index (χ1) is 15.3. The van der Waals surface area contributed by atoms with Gasteiger partial charge in [0.05, 0.1) is 17.7 Å². The van der Waals surface area contributed by atoms with Crippen LogP contribution in [0.4, 0.5) is 5.69 Å². The van der Waals surface area contributed by atoms with Gasteiger partial charge in [0.15, 0.2) is 4.90 Å². The number of hydrogen-bond donors (Lipinski definition) is 1. The Morgan fingerprint density at radius 2 is 1.69 bits per heavy atom. The predicted molar refractivity (Wildman–Crippen MR) is 120 cm³/mol. The molecular weight excluding hydrogens is 430 g/mol. The van der Waals surface area contributed by atoms with Crippen LogP contribution in [0.1, 0.15) is 15.9 Å². The van der Waals surface area contributed by atoms with E-state index in [1.165, 1.54) is 43.5 Å². The van der Waals surface area contributed by atoms with Crippen LogP contribution >= 0.6 is 0 Å². The second-order valence-electron chi connectivity index (χ2n) is 7.12. The molecule has 0 aliphatic carbocycles. The van der Waals surface area contributed by atoms with Crippen molar-refractivity contribution >= 4 is 32.4 Å². The zero-order valence-corrected chi connectivity index (χ0v) is 18.1. The van der Waals surface area contributed by atoms with Gasteiger partial charge in [-0.15, -0.1) is 0 Å².